The van der Waals surface area contributed by atoms with Crippen LogP contribution in [0.15, 0.2) is 0 Å². The number of nitrogens with one attached hydrogen (secondary N) is 2. The molecule has 0 aromatic heterocycles. The molecular formula is C11H15N3O4. The molecule has 1 saturated heterocycles. The Hall–Kier alpha value is -2.10. The van der Waals surface area contributed by atoms with Crippen molar-refractivity contribution in [3.63, 3.8) is 0 Å². The van der Waals surface area contributed by atoms with Gasteiger partial charge in [-0.3, -0.25) is 9.59 Å². The van der Waals surface area contributed by atoms with E-state index >= 15 is 0 Å². The summed E-state index contributed by atoms with van der Waals surface area (Å²) < 4.78 is 0. The van der Waals surface area contributed by atoms with Crippen LogP contribution in [0, 0.1) is 17.2 Å². The monoisotopic (exact) mass is 253 g/mol. The summed E-state index contributed by atoms with van der Waals surface area (Å²) >= 11 is 0. The molecule has 0 aliphatic carbocycles. The van der Waals surface area contributed by atoms with Gasteiger partial charge in [0.05, 0.1) is 6.07 Å². The molecule has 7 heteroatoms. The third kappa shape index (κ3) is 3.45. The van der Waals surface area contributed by atoms with E-state index in [0.717, 1.165) is 0 Å². The second kappa shape index (κ2) is 6.00. The summed E-state index contributed by atoms with van der Waals surface area (Å²) in [5.74, 6) is -2.41. The molecule has 1 aliphatic heterocycles. The fraction of sp³-hybridized carbons (Fsp3) is 0.636. The van der Waals surface area contributed by atoms with E-state index in [9.17, 15) is 14.4 Å². The lowest BCUT2D eigenvalue weighted by molar-refractivity contribution is -0.143. The van der Waals surface area contributed by atoms with E-state index in [1.165, 1.54) is 0 Å². The Balaban J connectivity index is 2.61. The Morgan fingerprint density at radius 1 is 1.67 bits per heavy atom. The zero-order valence-electron chi connectivity index (χ0n) is 9.97. The number of carboxylic acids is 1. The van der Waals surface area contributed by atoms with Crippen molar-refractivity contribution < 1.29 is 19.5 Å². The SMILES string of the molecule is C[C@H](CC#N)[C@@H](NC(=O)[C@H]1CCC(=O)N1)C(=O)O. The van der Waals surface area contributed by atoms with Crippen LogP contribution in [-0.4, -0.2) is 35.0 Å². The highest BCUT2D eigenvalue weighted by molar-refractivity contribution is 5.92. The Morgan fingerprint density at radius 2 is 2.33 bits per heavy atom. The van der Waals surface area contributed by atoms with Crippen molar-refractivity contribution >= 4 is 17.8 Å². The van der Waals surface area contributed by atoms with Crippen molar-refractivity contribution in [1.82, 2.24) is 10.6 Å². The largest absolute Gasteiger partial charge is 0.480 e. The van der Waals surface area contributed by atoms with Crippen molar-refractivity contribution in [3.8, 4) is 6.07 Å². The first kappa shape index (κ1) is 14.0. The van der Waals surface area contributed by atoms with Crippen LogP contribution >= 0.6 is 0 Å². The number of amides is 2. The van der Waals surface area contributed by atoms with E-state index < -0.39 is 29.9 Å². The molecule has 3 atom stereocenters. The standard InChI is InChI=1S/C11H15N3O4/c1-6(4-5-12)9(11(17)18)14-10(16)7-2-3-8(15)13-7/h6-7,9H,2-4H2,1H3,(H,13,15)(H,14,16)(H,17,18)/t6-,7-,9-/m1/s1. The molecule has 2 amide bonds. The molecule has 0 aromatic carbocycles. The number of carboxylic acid groups (broad SMARTS) is 1. The van der Waals surface area contributed by atoms with E-state index in [1.807, 2.05) is 6.07 Å². The highest BCUT2D eigenvalue weighted by atomic mass is 16.4. The molecule has 3 N–H and O–H groups in total. The van der Waals surface area contributed by atoms with Gasteiger partial charge in [-0.2, -0.15) is 5.26 Å². The molecular weight excluding hydrogens is 238 g/mol. The topological polar surface area (TPSA) is 119 Å². The third-order valence-electron chi connectivity index (χ3n) is 2.86. The lowest BCUT2D eigenvalue weighted by Crippen LogP contribution is -2.51. The number of hydrogen-bond donors (Lipinski definition) is 3. The summed E-state index contributed by atoms with van der Waals surface area (Å²) in [5, 5.41) is 22.4. The van der Waals surface area contributed by atoms with Crippen LogP contribution in [0.5, 0.6) is 0 Å². The molecule has 7 nitrogen and oxygen atoms in total. The number of rotatable bonds is 5. The van der Waals surface area contributed by atoms with Gasteiger partial charge in [0.2, 0.25) is 11.8 Å². The maximum atomic E-state index is 11.7. The van der Waals surface area contributed by atoms with Gasteiger partial charge in [0.15, 0.2) is 0 Å². The van der Waals surface area contributed by atoms with Gasteiger partial charge in [-0.05, 0) is 6.42 Å². The first-order chi connectivity index (χ1) is 8.45. The normalized spacial score (nSPS) is 21.6. The summed E-state index contributed by atoms with van der Waals surface area (Å²) in [7, 11) is 0. The Morgan fingerprint density at radius 3 is 2.78 bits per heavy atom. The fourth-order valence-electron chi connectivity index (χ4n) is 1.77. The van der Waals surface area contributed by atoms with E-state index in [1.54, 1.807) is 6.92 Å². The first-order valence-corrected chi connectivity index (χ1v) is 5.65. The van der Waals surface area contributed by atoms with E-state index in [0.29, 0.717) is 6.42 Å². The molecule has 0 spiro atoms. The second-order valence-corrected chi connectivity index (χ2v) is 4.32. The second-order valence-electron chi connectivity index (χ2n) is 4.32. The minimum absolute atomic E-state index is 0.0360. The quantitative estimate of drug-likeness (QED) is 0.603. The molecule has 1 fully saturated rings. The van der Waals surface area contributed by atoms with Gasteiger partial charge in [-0.1, -0.05) is 6.92 Å². The number of aliphatic carboxylic acids is 1. The zero-order valence-corrected chi connectivity index (χ0v) is 9.97. The number of carbonyl (C=O) groups is 3. The molecule has 98 valence electrons. The van der Waals surface area contributed by atoms with Gasteiger partial charge in [-0.25, -0.2) is 4.79 Å². The predicted octanol–water partition coefficient (Wildman–Crippen LogP) is -0.616. The van der Waals surface area contributed by atoms with Crippen molar-refractivity contribution in [2.24, 2.45) is 5.92 Å². The van der Waals surface area contributed by atoms with Crippen LogP contribution < -0.4 is 10.6 Å². The highest BCUT2D eigenvalue weighted by Crippen LogP contribution is 2.11. The van der Waals surface area contributed by atoms with Gasteiger partial charge >= 0.3 is 5.97 Å². The number of nitriles is 1. The van der Waals surface area contributed by atoms with Crippen molar-refractivity contribution in [3.05, 3.63) is 0 Å². The first-order valence-electron chi connectivity index (χ1n) is 5.65. The fourth-order valence-corrected chi connectivity index (χ4v) is 1.77. The van der Waals surface area contributed by atoms with Crippen LogP contribution in [0.25, 0.3) is 0 Å². The summed E-state index contributed by atoms with van der Waals surface area (Å²) in [6.45, 7) is 1.58. The van der Waals surface area contributed by atoms with Crippen LogP contribution in [0.2, 0.25) is 0 Å². The van der Waals surface area contributed by atoms with Gasteiger partial charge in [0, 0.05) is 18.8 Å². The maximum absolute atomic E-state index is 11.7. The minimum Gasteiger partial charge on any atom is -0.480 e. The van der Waals surface area contributed by atoms with Crippen LogP contribution in [0.4, 0.5) is 0 Å². The van der Waals surface area contributed by atoms with E-state index in [4.69, 9.17) is 10.4 Å². The van der Waals surface area contributed by atoms with Gasteiger partial charge in [-0.15, -0.1) is 0 Å². The van der Waals surface area contributed by atoms with Crippen molar-refractivity contribution in [2.45, 2.75) is 38.3 Å². The minimum atomic E-state index is -1.18. The van der Waals surface area contributed by atoms with Crippen LogP contribution in [0.3, 0.4) is 0 Å². The molecule has 18 heavy (non-hydrogen) atoms. The van der Waals surface area contributed by atoms with Gasteiger partial charge < -0.3 is 15.7 Å². The highest BCUT2D eigenvalue weighted by Gasteiger charge is 2.32. The average molecular weight is 253 g/mol. The van der Waals surface area contributed by atoms with Gasteiger partial charge in [0.25, 0.3) is 0 Å². The lowest BCUT2D eigenvalue weighted by Gasteiger charge is -2.21. The van der Waals surface area contributed by atoms with E-state index in [2.05, 4.69) is 10.6 Å². The molecule has 0 unspecified atom stereocenters. The number of nitrogens with zero attached hydrogens (tertiary/aromatic N) is 1. The van der Waals surface area contributed by atoms with E-state index in [-0.39, 0.29) is 18.7 Å². The Kier molecular flexibility index (Phi) is 4.66. The molecule has 0 aromatic rings. The molecule has 1 heterocycles. The summed E-state index contributed by atoms with van der Waals surface area (Å²) in [6, 6.07) is 0.0797. The predicted molar refractivity (Wildman–Crippen MR) is 60.1 cm³/mol. The molecule has 0 saturated carbocycles. The number of hydrogen-bond acceptors (Lipinski definition) is 4. The summed E-state index contributed by atoms with van der Waals surface area (Å²) in [5.41, 5.74) is 0. The lowest BCUT2D eigenvalue weighted by atomic mass is 9.98. The molecule has 1 aliphatic rings. The van der Waals surface area contributed by atoms with Crippen molar-refractivity contribution in [1.29, 1.82) is 5.26 Å². The average Bonchev–Trinajstić information content (AvgIpc) is 2.72. The maximum Gasteiger partial charge on any atom is 0.326 e. The van der Waals surface area contributed by atoms with Gasteiger partial charge in [0.1, 0.15) is 12.1 Å². The Bertz CT molecular complexity index is 402. The molecule has 0 bridgehead atoms. The van der Waals surface area contributed by atoms with Crippen LogP contribution in [-0.2, 0) is 14.4 Å². The molecule has 0 radical (unpaired) electrons. The van der Waals surface area contributed by atoms with Crippen molar-refractivity contribution in [2.75, 3.05) is 0 Å². The number of carbonyl (C=O) groups excluding carboxylic acids is 2. The molecule has 1 rings (SSSR count). The Labute approximate surface area is 104 Å². The van der Waals surface area contributed by atoms with Crippen LogP contribution in [0.1, 0.15) is 26.2 Å². The smallest absolute Gasteiger partial charge is 0.326 e. The summed E-state index contributed by atoms with van der Waals surface area (Å²) in [6.07, 6.45) is 0.668. The third-order valence-corrected chi connectivity index (χ3v) is 2.86. The summed E-state index contributed by atoms with van der Waals surface area (Å²) in [4.78, 5) is 33.7. The zero-order chi connectivity index (χ0) is 13.7.